The molecular weight excluding hydrogens is 393 g/mol. The topological polar surface area (TPSA) is 58.3 Å². The van der Waals surface area contributed by atoms with Crippen LogP contribution in [0.4, 0.5) is 4.39 Å². The van der Waals surface area contributed by atoms with Crippen LogP contribution in [0.3, 0.4) is 0 Å². The van der Waals surface area contributed by atoms with Gasteiger partial charge in [0.05, 0.1) is 6.10 Å². The van der Waals surface area contributed by atoms with Crippen molar-refractivity contribution in [2.45, 2.75) is 64.8 Å². The third-order valence-corrected chi connectivity index (χ3v) is 6.22. The lowest BCUT2D eigenvalue weighted by atomic mass is 10.1. The van der Waals surface area contributed by atoms with E-state index in [1.165, 1.54) is 6.07 Å². The van der Waals surface area contributed by atoms with E-state index >= 15 is 0 Å². The molecule has 1 saturated heterocycles. The summed E-state index contributed by atoms with van der Waals surface area (Å²) in [5.41, 5.74) is 3.51. The molecule has 5 nitrogen and oxygen atoms in total. The number of hydrogen-bond donors (Lipinski definition) is 0. The average Bonchev–Trinajstić information content (AvgIpc) is 3.40. The predicted molar refractivity (Wildman–Crippen MR) is 116 cm³/mol. The average molecular weight is 422 g/mol. The highest BCUT2D eigenvalue weighted by Gasteiger charge is 2.34. The minimum atomic E-state index is -0.336. The van der Waals surface area contributed by atoms with Crippen LogP contribution in [0.1, 0.15) is 48.2 Å². The molecule has 0 bridgehead atoms. The first-order valence-corrected chi connectivity index (χ1v) is 10.9. The smallest absolute Gasteiger partial charge is 0.265 e. The van der Waals surface area contributed by atoms with Crippen LogP contribution in [0, 0.1) is 31.0 Å². The predicted octanol–water partition coefficient (Wildman–Crippen LogP) is 4.52. The number of rotatable bonds is 7. The van der Waals surface area contributed by atoms with Crippen molar-refractivity contribution in [2.24, 2.45) is 0 Å². The van der Waals surface area contributed by atoms with E-state index in [4.69, 9.17) is 4.74 Å². The zero-order valence-electron chi connectivity index (χ0n) is 18.1. The summed E-state index contributed by atoms with van der Waals surface area (Å²) in [6, 6.07) is 10.6. The van der Waals surface area contributed by atoms with Crippen molar-refractivity contribution in [3.8, 4) is 6.07 Å². The largest absolute Gasteiger partial charge is 0.376 e. The SMILES string of the molecule is Cc1cc(C=C(C#N)C(=O)N(Cc2ccccc2F)C2CC2)c(C)n1CC1CCCO1. The fourth-order valence-electron chi connectivity index (χ4n) is 4.26. The van der Waals surface area contributed by atoms with Gasteiger partial charge in [-0.2, -0.15) is 5.26 Å². The van der Waals surface area contributed by atoms with Crippen molar-refractivity contribution in [3.63, 3.8) is 0 Å². The lowest BCUT2D eigenvalue weighted by molar-refractivity contribution is -0.127. The molecule has 162 valence electrons. The van der Waals surface area contributed by atoms with Crippen LogP contribution in [0.2, 0.25) is 0 Å². The Balaban J connectivity index is 1.58. The number of carbonyl (C=O) groups is 1. The van der Waals surface area contributed by atoms with Crippen molar-refractivity contribution < 1.29 is 13.9 Å². The summed E-state index contributed by atoms with van der Waals surface area (Å²) in [5, 5.41) is 9.76. The minimum Gasteiger partial charge on any atom is -0.376 e. The highest BCUT2D eigenvalue weighted by atomic mass is 19.1. The Bertz CT molecular complexity index is 1040. The monoisotopic (exact) mass is 421 g/mol. The van der Waals surface area contributed by atoms with Crippen LogP contribution in [0.5, 0.6) is 0 Å². The maximum Gasteiger partial charge on any atom is 0.265 e. The summed E-state index contributed by atoms with van der Waals surface area (Å²) in [5.74, 6) is -0.668. The Hall–Kier alpha value is -2.91. The third-order valence-electron chi connectivity index (χ3n) is 6.22. The zero-order chi connectivity index (χ0) is 22.0. The Morgan fingerprint density at radius 3 is 2.74 bits per heavy atom. The summed E-state index contributed by atoms with van der Waals surface area (Å²) in [6.45, 7) is 5.80. The zero-order valence-corrected chi connectivity index (χ0v) is 18.1. The van der Waals surface area contributed by atoms with E-state index in [0.29, 0.717) is 5.56 Å². The molecule has 1 aromatic carbocycles. The molecule has 31 heavy (non-hydrogen) atoms. The van der Waals surface area contributed by atoms with E-state index in [1.807, 2.05) is 19.9 Å². The number of aromatic nitrogens is 1. The van der Waals surface area contributed by atoms with Gasteiger partial charge in [0.1, 0.15) is 17.5 Å². The van der Waals surface area contributed by atoms with Crippen molar-refractivity contribution in [3.05, 3.63) is 64.2 Å². The van der Waals surface area contributed by atoms with Crippen molar-refractivity contribution in [2.75, 3.05) is 6.61 Å². The van der Waals surface area contributed by atoms with Gasteiger partial charge in [0.15, 0.2) is 0 Å². The molecule has 0 radical (unpaired) electrons. The van der Waals surface area contributed by atoms with E-state index in [1.54, 1.807) is 29.2 Å². The number of benzene rings is 1. The summed E-state index contributed by atoms with van der Waals surface area (Å²) in [7, 11) is 0. The van der Waals surface area contributed by atoms with Gasteiger partial charge >= 0.3 is 0 Å². The number of carbonyl (C=O) groups excluding carboxylic acids is 1. The van der Waals surface area contributed by atoms with Crippen LogP contribution in [-0.2, 0) is 22.6 Å². The van der Waals surface area contributed by atoms with Crippen LogP contribution in [-0.4, -0.2) is 34.1 Å². The van der Waals surface area contributed by atoms with Gasteiger partial charge in [0.25, 0.3) is 5.91 Å². The first-order chi connectivity index (χ1) is 15.0. The standard InChI is InChI=1S/C25H28FN3O2/c1-17-12-20(18(2)28(17)16-23-7-5-11-31-23)13-21(14-27)25(30)29(22-9-10-22)15-19-6-3-4-8-24(19)26/h3-4,6,8,12-13,22-23H,5,7,9-11,15-16H2,1-2H3. The summed E-state index contributed by atoms with van der Waals surface area (Å²) in [4.78, 5) is 14.9. The van der Waals surface area contributed by atoms with Crippen molar-refractivity contribution >= 4 is 12.0 Å². The molecule has 4 rings (SSSR count). The third kappa shape index (κ3) is 4.72. The molecule has 1 atom stereocenters. The van der Waals surface area contributed by atoms with Crippen LogP contribution in [0.15, 0.2) is 35.9 Å². The van der Waals surface area contributed by atoms with E-state index in [0.717, 1.165) is 55.8 Å². The van der Waals surface area contributed by atoms with Gasteiger partial charge in [-0.1, -0.05) is 18.2 Å². The number of nitriles is 1. The normalized spacial score (nSPS) is 18.8. The fraction of sp³-hybridized carbons (Fsp3) is 0.440. The van der Waals surface area contributed by atoms with Gasteiger partial charge in [0, 0.05) is 42.7 Å². The maximum atomic E-state index is 14.2. The molecule has 1 aromatic heterocycles. The van der Waals surface area contributed by atoms with Crippen LogP contribution < -0.4 is 0 Å². The number of aryl methyl sites for hydroxylation is 1. The number of ether oxygens (including phenoxy) is 1. The van der Waals surface area contributed by atoms with Gasteiger partial charge in [0.2, 0.25) is 0 Å². The van der Waals surface area contributed by atoms with E-state index < -0.39 is 0 Å². The molecular formula is C25H28FN3O2. The first kappa shape index (κ1) is 21.3. The Kier molecular flexibility index (Phi) is 6.24. The van der Waals surface area contributed by atoms with Gasteiger partial charge in [-0.15, -0.1) is 0 Å². The summed E-state index contributed by atoms with van der Waals surface area (Å²) >= 11 is 0. The van der Waals surface area contributed by atoms with Crippen LogP contribution >= 0.6 is 0 Å². The Morgan fingerprint density at radius 2 is 2.10 bits per heavy atom. The van der Waals surface area contributed by atoms with Crippen LogP contribution in [0.25, 0.3) is 6.08 Å². The highest BCUT2D eigenvalue weighted by molar-refractivity contribution is 6.02. The van der Waals surface area contributed by atoms with Gasteiger partial charge < -0.3 is 14.2 Å². The lowest BCUT2D eigenvalue weighted by Gasteiger charge is -2.22. The Labute approximate surface area is 182 Å². The lowest BCUT2D eigenvalue weighted by Crippen LogP contribution is -2.33. The second-order valence-electron chi connectivity index (χ2n) is 8.50. The molecule has 1 unspecified atom stereocenters. The highest BCUT2D eigenvalue weighted by Crippen LogP contribution is 2.31. The number of amides is 1. The van der Waals surface area contributed by atoms with E-state index in [9.17, 15) is 14.4 Å². The number of hydrogen-bond acceptors (Lipinski definition) is 3. The number of nitrogens with zero attached hydrogens (tertiary/aromatic N) is 3. The summed E-state index contributed by atoms with van der Waals surface area (Å²) in [6.07, 6.45) is 5.79. The maximum absolute atomic E-state index is 14.2. The molecule has 6 heteroatoms. The van der Waals surface area contributed by atoms with Gasteiger partial charge in [-0.3, -0.25) is 4.79 Å². The van der Waals surface area contributed by atoms with Crippen molar-refractivity contribution in [1.29, 1.82) is 5.26 Å². The van der Waals surface area contributed by atoms with E-state index in [2.05, 4.69) is 10.6 Å². The Morgan fingerprint density at radius 1 is 1.32 bits per heavy atom. The molecule has 1 aliphatic heterocycles. The first-order valence-electron chi connectivity index (χ1n) is 10.9. The molecule has 0 spiro atoms. The summed E-state index contributed by atoms with van der Waals surface area (Å²) < 4.78 is 22.1. The van der Waals surface area contributed by atoms with E-state index in [-0.39, 0.29) is 36.0 Å². The minimum absolute atomic E-state index is 0.0656. The second-order valence-corrected chi connectivity index (χ2v) is 8.50. The van der Waals surface area contributed by atoms with Crippen molar-refractivity contribution in [1.82, 2.24) is 9.47 Å². The molecule has 2 aromatic rings. The number of halogens is 1. The van der Waals surface area contributed by atoms with Gasteiger partial charge in [-0.05, 0) is 63.3 Å². The molecule has 2 aliphatic rings. The molecule has 2 fully saturated rings. The van der Waals surface area contributed by atoms with Gasteiger partial charge in [-0.25, -0.2) is 4.39 Å². The molecule has 2 heterocycles. The molecule has 0 N–H and O–H groups in total. The fourth-order valence-corrected chi connectivity index (χ4v) is 4.26. The molecule has 1 amide bonds. The molecule has 1 saturated carbocycles. The quantitative estimate of drug-likeness (QED) is 0.488. The molecule has 1 aliphatic carbocycles. The second kappa shape index (κ2) is 9.07.